The van der Waals surface area contributed by atoms with E-state index >= 15 is 0 Å². The quantitative estimate of drug-likeness (QED) is 0.359. The summed E-state index contributed by atoms with van der Waals surface area (Å²) >= 11 is 0. The Morgan fingerprint density at radius 3 is 2.67 bits per heavy atom. The summed E-state index contributed by atoms with van der Waals surface area (Å²) < 4.78 is 0. The number of aromatic nitrogens is 1. The first-order chi connectivity index (χ1) is 13.3. The molecule has 3 rings (SSSR count). The molecule has 0 aliphatic heterocycles. The molecule has 2 N–H and O–H groups in total. The van der Waals surface area contributed by atoms with Crippen LogP contribution in [0.2, 0.25) is 0 Å². The molecule has 0 spiro atoms. The van der Waals surface area contributed by atoms with Crippen LogP contribution >= 0.6 is 0 Å². The van der Waals surface area contributed by atoms with Crippen LogP contribution in [0, 0.1) is 0 Å². The van der Waals surface area contributed by atoms with Gasteiger partial charge in [-0.2, -0.15) is 0 Å². The molecule has 1 atom stereocenters. The van der Waals surface area contributed by atoms with Gasteiger partial charge in [0.1, 0.15) is 0 Å². The summed E-state index contributed by atoms with van der Waals surface area (Å²) in [5, 5.41) is 4.91. The average molecular weight is 357 g/mol. The summed E-state index contributed by atoms with van der Waals surface area (Å²) in [6.07, 6.45) is 11.3. The zero-order valence-corrected chi connectivity index (χ0v) is 16.0. The fourth-order valence-corrected chi connectivity index (χ4v) is 3.50. The number of H-pyrrole nitrogens is 1. The van der Waals surface area contributed by atoms with Crippen LogP contribution in [0.4, 0.5) is 0 Å². The minimum atomic E-state index is 0.368. The van der Waals surface area contributed by atoms with Gasteiger partial charge in [0.2, 0.25) is 0 Å². The molecule has 2 aromatic carbocycles. The first kappa shape index (κ1) is 18.9. The van der Waals surface area contributed by atoms with Crippen molar-refractivity contribution in [1.82, 2.24) is 10.3 Å². The molecule has 0 saturated carbocycles. The molecule has 0 amide bonds. The van der Waals surface area contributed by atoms with Crippen molar-refractivity contribution in [3.63, 3.8) is 0 Å². The largest absolute Gasteiger partial charge is 0.361 e. The van der Waals surface area contributed by atoms with Gasteiger partial charge in [-0.15, -0.1) is 0 Å². The number of hydrogen-bond acceptors (Lipinski definition) is 1. The molecule has 138 valence electrons. The van der Waals surface area contributed by atoms with E-state index in [4.69, 9.17) is 0 Å². The second-order valence-electron chi connectivity index (χ2n) is 6.68. The lowest BCUT2D eigenvalue weighted by molar-refractivity contribution is 0.639. The van der Waals surface area contributed by atoms with Crippen LogP contribution in [0.1, 0.15) is 30.4 Å². The van der Waals surface area contributed by atoms with Crippen molar-refractivity contribution in [3.8, 4) is 0 Å². The monoisotopic (exact) mass is 356 g/mol. The van der Waals surface area contributed by atoms with E-state index in [0.29, 0.717) is 5.92 Å². The lowest BCUT2D eigenvalue weighted by atomic mass is 9.88. The summed E-state index contributed by atoms with van der Waals surface area (Å²) in [5.74, 6) is 0.368. The standard InChI is InChI=1S/C25H28N2/c1-3-5-11-20(4-2)18-26-17-16-22(21-12-7-6-8-13-21)24-19-27-25-15-10-9-14-23(24)25/h3-15,19,22,26-27H,1,16-18H2,2H3/b11-5+,20-4+. The minimum Gasteiger partial charge on any atom is -0.361 e. The van der Waals surface area contributed by atoms with Gasteiger partial charge in [-0.1, -0.05) is 79.4 Å². The third kappa shape index (κ3) is 4.87. The van der Waals surface area contributed by atoms with Gasteiger partial charge >= 0.3 is 0 Å². The zero-order chi connectivity index (χ0) is 18.9. The third-order valence-electron chi connectivity index (χ3n) is 4.95. The summed E-state index contributed by atoms with van der Waals surface area (Å²) in [6.45, 7) is 7.64. The van der Waals surface area contributed by atoms with Crippen molar-refractivity contribution in [2.24, 2.45) is 0 Å². The van der Waals surface area contributed by atoms with E-state index in [-0.39, 0.29) is 0 Å². The molecule has 2 nitrogen and oxygen atoms in total. The van der Waals surface area contributed by atoms with Gasteiger partial charge in [0.05, 0.1) is 0 Å². The molecule has 0 fully saturated rings. The van der Waals surface area contributed by atoms with Gasteiger partial charge in [-0.25, -0.2) is 0 Å². The molecular weight excluding hydrogens is 328 g/mol. The SMILES string of the molecule is C=C/C=C/C(=C\C)CNCCC(c1ccccc1)c1c[nH]c2ccccc12. The number of para-hydroxylation sites is 1. The van der Waals surface area contributed by atoms with Crippen molar-refractivity contribution in [3.05, 3.63) is 108 Å². The number of rotatable bonds is 9. The highest BCUT2D eigenvalue weighted by atomic mass is 14.8. The van der Waals surface area contributed by atoms with Crippen molar-refractivity contribution in [1.29, 1.82) is 0 Å². The van der Waals surface area contributed by atoms with E-state index in [2.05, 4.69) is 96.7 Å². The highest BCUT2D eigenvalue weighted by Gasteiger charge is 2.17. The van der Waals surface area contributed by atoms with Crippen LogP contribution in [0.5, 0.6) is 0 Å². The smallest absolute Gasteiger partial charge is 0.0457 e. The van der Waals surface area contributed by atoms with Crippen molar-refractivity contribution >= 4 is 10.9 Å². The van der Waals surface area contributed by atoms with Crippen molar-refractivity contribution in [2.75, 3.05) is 13.1 Å². The predicted molar refractivity (Wildman–Crippen MR) is 117 cm³/mol. The van der Waals surface area contributed by atoms with Gasteiger partial charge in [-0.3, -0.25) is 0 Å². The highest BCUT2D eigenvalue weighted by molar-refractivity contribution is 5.84. The normalized spacial score (nSPS) is 13.3. The molecule has 0 bridgehead atoms. The van der Waals surface area contributed by atoms with E-state index in [0.717, 1.165) is 19.5 Å². The van der Waals surface area contributed by atoms with Gasteiger partial charge in [0.15, 0.2) is 0 Å². The van der Waals surface area contributed by atoms with Crippen LogP contribution in [-0.4, -0.2) is 18.1 Å². The van der Waals surface area contributed by atoms with E-state index in [1.807, 2.05) is 12.2 Å². The number of allylic oxidation sites excluding steroid dienone is 3. The molecule has 0 aliphatic carbocycles. The first-order valence-corrected chi connectivity index (χ1v) is 9.59. The molecule has 0 aliphatic rings. The fraction of sp³-hybridized carbons (Fsp3) is 0.200. The Balaban J connectivity index is 1.74. The second kappa shape index (κ2) is 9.75. The molecular formula is C25H28N2. The summed E-state index contributed by atoms with van der Waals surface area (Å²) in [4.78, 5) is 3.43. The Labute approximate surface area is 162 Å². The molecule has 1 unspecified atom stereocenters. The number of aromatic amines is 1. The van der Waals surface area contributed by atoms with Crippen LogP contribution in [0.15, 0.2) is 97.3 Å². The summed E-state index contributed by atoms with van der Waals surface area (Å²) in [6, 6.07) is 19.4. The molecule has 2 heteroatoms. The van der Waals surface area contributed by atoms with Crippen molar-refractivity contribution < 1.29 is 0 Å². The van der Waals surface area contributed by atoms with Crippen LogP contribution in [0.25, 0.3) is 10.9 Å². The Morgan fingerprint density at radius 1 is 1.11 bits per heavy atom. The van der Waals surface area contributed by atoms with Gasteiger partial charge in [0, 0.05) is 29.6 Å². The summed E-state index contributed by atoms with van der Waals surface area (Å²) in [5.41, 5.74) is 5.21. The Hall–Kier alpha value is -2.84. The Morgan fingerprint density at radius 2 is 1.89 bits per heavy atom. The molecule has 3 aromatic rings. The average Bonchev–Trinajstić information content (AvgIpc) is 3.15. The summed E-state index contributed by atoms with van der Waals surface area (Å²) in [7, 11) is 0. The molecule has 1 aromatic heterocycles. The van der Waals surface area contributed by atoms with Crippen LogP contribution < -0.4 is 5.32 Å². The topological polar surface area (TPSA) is 27.8 Å². The maximum absolute atomic E-state index is 3.74. The molecule has 0 radical (unpaired) electrons. The fourth-order valence-electron chi connectivity index (χ4n) is 3.50. The van der Waals surface area contributed by atoms with Crippen molar-refractivity contribution in [2.45, 2.75) is 19.3 Å². The number of benzene rings is 2. The lowest BCUT2D eigenvalue weighted by Crippen LogP contribution is -2.20. The maximum Gasteiger partial charge on any atom is 0.0457 e. The highest BCUT2D eigenvalue weighted by Crippen LogP contribution is 2.32. The van der Waals surface area contributed by atoms with Crippen LogP contribution in [0.3, 0.4) is 0 Å². The van der Waals surface area contributed by atoms with Crippen LogP contribution in [-0.2, 0) is 0 Å². The number of nitrogens with one attached hydrogen (secondary N) is 2. The maximum atomic E-state index is 3.74. The van der Waals surface area contributed by atoms with E-state index < -0.39 is 0 Å². The van der Waals surface area contributed by atoms with E-state index in [9.17, 15) is 0 Å². The third-order valence-corrected chi connectivity index (χ3v) is 4.95. The lowest BCUT2D eigenvalue weighted by Gasteiger charge is -2.18. The number of fused-ring (bicyclic) bond motifs is 1. The van der Waals surface area contributed by atoms with Gasteiger partial charge in [0.25, 0.3) is 0 Å². The Kier molecular flexibility index (Phi) is 6.84. The predicted octanol–water partition coefficient (Wildman–Crippen LogP) is 5.97. The molecule has 27 heavy (non-hydrogen) atoms. The first-order valence-electron chi connectivity index (χ1n) is 9.59. The van der Waals surface area contributed by atoms with E-state index in [1.54, 1.807) is 0 Å². The van der Waals surface area contributed by atoms with Gasteiger partial charge in [-0.05, 0) is 42.7 Å². The zero-order valence-electron chi connectivity index (χ0n) is 16.0. The molecule has 1 heterocycles. The Bertz CT molecular complexity index is 916. The minimum absolute atomic E-state index is 0.368. The van der Waals surface area contributed by atoms with E-state index in [1.165, 1.54) is 27.6 Å². The molecule has 0 saturated heterocycles. The van der Waals surface area contributed by atoms with Gasteiger partial charge < -0.3 is 10.3 Å². The second-order valence-corrected chi connectivity index (χ2v) is 6.68. The number of hydrogen-bond donors (Lipinski definition) is 2.